The van der Waals surface area contributed by atoms with Gasteiger partial charge in [-0.15, -0.1) is 0 Å². The van der Waals surface area contributed by atoms with Crippen LogP contribution in [0.5, 0.6) is 11.5 Å². The molecular weight excluding hydrogens is 362 g/mol. The minimum atomic E-state index is 0.596. The summed E-state index contributed by atoms with van der Waals surface area (Å²) in [4.78, 5) is 0. The van der Waals surface area contributed by atoms with Crippen molar-refractivity contribution in [2.24, 2.45) is 0 Å². The summed E-state index contributed by atoms with van der Waals surface area (Å²) < 4.78 is 17.1. The summed E-state index contributed by atoms with van der Waals surface area (Å²) in [6.45, 7) is 3.99. The molecule has 4 aromatic rings. The van der Waals surface area contributed by atoms with Crippen LogP contribution in [-0.2, 0) is 0 Å². The van der Waals surface area contributed by atoms with Crippen molar-refractivity contribution in [3.8, 4) is 40.0 Å². The van der Waals surface area contributed by atoms with Crippen molar-refractivity contribution >= 4 is 11.0 Å². The summed E-state index contributed by atoms with van der Waals surface area (Å²) in [6.07, 6.45) is 0. The Balaban J connectivity index is 2.09. The van der Waals surface area contributed by atoms with Crippen molar-refractivity contribution in [3.63, 3.8) is 0 Å². The maximum absolute atomic E-state index is 9.80. The first kappa shape index (κ1) is 18.6. The Labute approximate surface area is 169 Å². The molecule has 3 aromatic carbocycles. The van der Waals surface area contributed by atoms with E-state index in [4.69, 9.17) is 13.9 Å². The third kappa shape index (κ3) is 3.32. The minimum absolute atomic E-state index is 0.596. The first-order valence-corrected chi connectivity index (χ1v) is 9.31. The number of hydrogen-bond acceptors (Lipinski definition) is 4. The topological polar surface area (TPSA) is 55.4 Å². The average Bonchev–Trinajstić information content (AvgIpc) is 3.11. The van der Waals surface area contributed by atoms with E-state index >= 15 is 0 Å². The van der Waals surface area contributed by atoms with E-state index in [9.17, 15) is 5.26 Å². The van der Waals surface area contributed by atoms with E-state index in [1.54, 1.807) is 14.2 Å². The molecule has 0 radical (unpaired) electrons. The fourth-order valence-electron chi connectivity index (χ4n) is 3.69. The number of aryl methyl sites for hydroxylation is 2. The Kier molecular flexibility index (Phi) is 4.74. The minimum Gasteiger partial charge on any atom is -0.497 e. The van der Waals surface area contributed by atoms with Gasteiger partial charge in [-0.3, -0.25) is 0 Å². The average molecular weight is 383 g/mol. The molecule has 0 aliphatic rings. The number of hydrogen-bond donors (Lipinski definition) is 0. The number of nitriles is 1. The fourth-order valence-corrected chi connectivity index (χ4v) is 3.69. The molecule has 0 saturated heterocycles. The van der Waals surface area contributed by atoms with Crippen LogP contribution in [0, 0.1) is 25.2 Å². The van der Waals surface area contributed by atoms with Gasteiger partial charge in [0, 0.05) is 16.5 Å². The lowest BCUT2D eigenvalue weighted by atomic mass is 9.94. The quantitative estimate of drug-likeness (QED) is 0.416. The molecule has 0 aliphatic heterocycles. The number of ether oxygens (including phenoxy) is 2. The van der Waals surface area contributed by atoms with E-state index in [1.165, 1.54) is 0 Å². The van der Waals surface area contributed by atoms with Crippen molar-refractivity contribution in [1.82, 2.24) is 0 Å². The standard InChI is InChI=1S/C25H21NO3/c1-15-9-18(13-21(11-15)28-4)24-23-19(14-26)10-16(2)12-22(23)29-25(24)17-5-7-20(27-3)8-6-17/h5-13H,1-4H3. The molecule has 0 spiro atoms. The Morgan fingerprint density at radius 1 is 0.793 bits per heavy atom. The molecule has 144 valence electrons. The lowest BCUT2D eigenvalue weighted by Crippen LogP contribution is -1.89. The van der Waals surface area contributed by atoms with Crippen molar-refractivity contribution in [3.05, 3.63) is 71.3 Å². The van der Waals surface area contributed by atoms with Gasteiger partial charge >= 0.3 is 0 Å². The van der Waals surface area contributed by atoms with E-state index in [1.807, 2.05) is 62.4 Å². The highest BCUT2D eigenvalue weighted by Gasteiger charge is 2.21. The van der Waals surface area contributed by atoms with Crippen LogP contribution in [0.1, 0.15) is 16.7 Å². The molecule has 0 bridgehead atoms. The third-order valence-electron chi connectivity index (χ3n) is 4.98. The summed E-state index contributed by atoms with van der Waals surface area (Å²) in [5, 5.41) is 10.6. The summed E-state index contributed by atoms with van der Waals surface area (Å²) in [6, 6.07) is 20.0. The van der Waals surface area contributed by atoms with Crippen molar-refractivity contribution in [2.75, 3.05) is 14.2 Å². The molecule has 1 heterocycles. The first-order chi connectivity index (χ1) is 14.0. The number of fused-ring (bicyclic) bond motifs is 1. The Morgan fingerprint density at radius 2 is 1.48 bits per heavy atom. The van der Waals surface area contributed by atoms with Gasteiger partial charge in [0.1, 0.15) is 22.8 Å². The monoisotopic (exact) mass is 383 g/mol. The molecule has 4 rings (SSSR count). The van der Waals surface area contributed by atoms with Gasteiger partial charge < -0.3 is 13.9 Å². The van der Waals surface area contributed by atoms with Crippen LogP contribution in [0.15, 0.2) is 59.0 Å². The van der Waals surface area contributed by atoms with Gasteiger partial charge in [0.05, 0.1) is 25.9 Å². The van der Waals surface area contributed by atoms with Crippen LogP contribution < -0.4 is 9.47 Å². The van der Waals surface area contributed by atoms with Crippen molar-refractivity contribution < 1.29 is 13.9 Å². The van der Waals surface area contributed by atoms with E-state index < -0.39 is 0 Å². The summed E-state index contributed by atoms with van der Waals surface area (Å²) in [7, 11) is 3.29. The van der Waals surface area contributed by atoms with Gasteiger partial charge in [-0.05, 0) is 79.1 Å². The van der Waals surface area contributed by atoms with Crippen LogP contribution in [0.25, 0.3) is 33.4 Å². The highest BCUT2D eigenvalue weighted by Crippen LogP contribution is 2.44. The van der Waals surface area contributed by atoms with Crippen LogP contribution in [-0.4, -0.2) is 14.2 Å². The van der Waals surface area contributed by atoms with E-state index in [2.05, 4.69) is 12.1 Å². The molecule has 4 nitrogen and oxygen atoms in total. The Hall–Kier alpha value is -3.71. The van der Waals surface area contributed by atoms with Gasteiger partial charge in [0.15, 0.2) is 0 Å². The lowest BCUT2D eigenvalue weighted by molar-refractivity contribution is 0.414. The normalized spacial score (nSPS) is 10.7. The smallest absolute Gasteiger partial charge is 0.143 e. The zero-order chi connectivity index (χ0) is 20.5. The predicted octanol–water partition coefficient (Wildman–Crippen LogP) is 6.27. The summed E-state index contributed by atoms with van der Waals surface area (Å²) in [5.74, 6) is 2.26. The lowest BCUT2D eigenvalue weighted by Gasteiger charge is -2.09. The number of furan rings is 1. The zero-order valence-corrected chi connectivity index (χ0v) is 16.9. The van der Waals surface area contributed by atoms with Crippen molar-refractivity contribution in [2.45, 2.75) is 13.8 Å². The van der Waals surface area contributed by atoms with Crippen molar-refractivity contribution in [1.29, 1.82) is 5.26 Å². The largest absolute Gasteiger partial charge is 0.497 e. The first-order valence-electron chi connectivity index (χ1n) is 9.31. The second-order valence-electron chi connectivity index (χ2n) is 7.07. The molecule has 0 amide bonds. The summed E-state index contributed by atoms with van der Waals surface area (Å²) in [5.41, 5.74) is 6.11. The van der Waals surface area contributed by atoms with Gasteiger partial charge in [-0.25, -0.2) is 0 Å². The van der Waals surface area contributed by atoms with E-state index in [0.717, 1.165) is 50.5 Å². The maximum atomic E-state index is 9.80. The number of benzene rings is 3. The molecule has 4 heteroatoms. The Morgan fingerprint density at radius 3 is 2.14 bits per heavy atom. The molecule has 29 heavy (non-hydrogen) atoms. The van der Waals surface area contributed by atoms with Gasteiger partial charge in [0.25, 0.3) is 0 Å². The van der Waals surface area contributed by atoms with Crippen LogP contribution in [0.2, 0.25) is 0 Å². The van der Waals surface area contributed by atoms with Gasteiger partial charge in [0.2, 0.25) is 0 Å². The molecular formula is C25H21NO3. The fraction of sp³-hybridized carbons (Fsp3) is 0.160. The maximum Gasteiger partial charge on any atom is 0.143 e. The Bertz CT molecular complexity index is 1240. The highest BCUT2D eigenvalue weighted by atomic mass is 16.5. The van der Waals surface area contributed by atoms with Crippen LogP contribution in [0.3, 0.4) is 0 Å². The molecule has 0 unspecified atom stereocenters. The third-order valence-corrected chi connectivity index (χ3v) is 4.98. The second-order valence-corrected chi connectivity index (χ2v) is 7.07. The second kappa shape index (κ2) is 7.37. The summed E-state index contributed by atoms with van der Waals surface area (Å²) >= 11 is 0. The van der Waals surface area contributed by atoms with E-state index in [0.29, 0.717) is 11.1 Å². The van der Waals surface area contributed by atoms with Crippen LogP contribution >= 0.6 is 0 Å². The molecule has 0 N–H and O–H groups in total. The van der Waals surface area contributed by atoms with Crippen LogP contribution in [0.4, 0.5) is 0 Å². The molecule has 0 atom stereocenters. The number of rotatable bonds is 4. The molecule has 1 aromatic heterocycles. The van der Waals surface area contributed by atoms with E-state index in [-0.39, 0.29) is 0 Å². The highest BCUT2D eigenvalue weighted by molar-refractivity contribution is 6.05. The number of methoxy groups -OCH3 is 2. The molecule has 0 fully saturated rings. The number of nitrogens with zero attached hydrogens (tertiary/aromatic N) is 1. The predicted molar refractivity (Wildman–Crippen MR) is 114 cm³/mol. The van der Waals surface area contributed by atoms with Gasteiger partial charge in [-0.1, -0.05) is 6.07 Å². The SMILES string of the molecule is COc1ccc(-c2oc3cc(C)cc(C#N)c3c2-c2cc(C)cc(OC)c2)cc1. The molecule has 0 aliphatic carbocycles. The van der Waals surface area contributed by atoms with Gasteiger partial charge in [-0.2, -0.15) is 5.26 Å². The molecule has 0 saturated carbocycles. The zero-order valence-electron chi connectivity index (χ0n) is 16.9.